The van der Waals surface area contributed by atoms with E-state index in [2.05, 4.69) is 21.2 Å². The number of halogens is 3. The van der Waals surface area contributed by atoms with Crippen LogP contribution >= 0.6 is 27.5 Å². The van der Waals surface area contributed by atoms with Gasteiger partial charge < -0.3 is 5.32 Å². The zero-order chi connectivity index (χ0) is 14.7. The van der Waals surface area contributed by atoms with Gasteiger partial charge in [-0.05, 0) is 42.8 Å². The largest absolute Gasteiger partial charge is 0.345 e. The Bertz CT molecular complexity index is 630. The molecule has 0 saturated carbocycles. The summed E-state index contributed by atoms with van der Waals surface area (Å²) in [6.07, 6.45) is 0. The summed E-state index contributed by atoms with van der Waals surface area (Å²) in [4.78, 5) is 12.0. The van der Waals surface area contributed by atoms with Crippen LogP contribution < -0.4 is 5.32 Å². The minimum atomic E-state index is -0.588. The zero-order valence-electron chi connectivity index (χ0n) is 10.7. The molecule has 0 fully saturated rings. The Morgan fingerprint density at radius 1 is 1.25 bits per heavy atom. The fourth-order valence-corrected chi connectivity index (χ4v) is 2.22. The highest BCUT2D eigenvalue weighted by molar-refractivity contribution is 9.10. The van der Waals surface area contributed by atoms with Crippen LogP contribution in [0.3, 0.4) is 0 Å². The van der Waals surface area contributed by atoms with Gasteiger partial charge in [0.15, 0.2) is 0 Å². The number of rotatable bonds is 3. The summed E-state index contributed by atoms with van der Waals surface area (Å²) in [5.74, 6) is -1.07. The predicted molar refractivity (Wildman–Crippen MR) is 81.4 cm³/mol. The molecule has 5 heteroatoms. The molecule has 1 atom stereocenters. The topological polar surface area (TPSA) is 29.1 Å². The summed E-state index contributed by atoms with van der Waals surface area (Å²) in [7, 11) is 0. The zero-order valence-corrected chi connectivity index (χ0v) is 13.0. The second-order valence-corrected chi connectivity index (χ2v) is 5.72. The Labute approximate surface area is 130 Å². The monoisotopic (exact) mass is 355 g/mol. The highest BCUT2D eigenvalue weighted by atomic mass is 79.9. The molecule has 0 unspecified atom stereocenters. The first-order valence-corrected chi connectivity index (χ1v) is 7.16. The Kier molecular flexibility index (Phi) is 4.78. The molecule has 2 nitrogen and oxygen atoms in total. The lowest BCUT2D eigenvalue weighted by Crippen LogP contribution is -2.27. The van der Waals surface area contributed by atoms with E-state index in [4.69, 9.17) is 11.6 Å². The Morgan fingerprint density at radius 3 is 2.55 bits per heavy atom. The molecule has 0 aliphatic rings. The van der Waals surface area contributed by atoms with Crippen molar-refractivity contribution in [3.8, 4) is 0 Å². The molecule has 0 radical (unpaired) electrons. The van der Waals surface area contributed by atoms with E-state index in [9.17, 15) is 9.18 Å². The second-order valence-electron chi connectivity index (χ2n) is 4.37. The lowest BCUT2D eigenvalue weighted by molar-refractivity contribution is 0.0936. The van der Waals surface area contributed by atoms with Crippen molar-refractivity contribution in [1.29, 1.82) is 0 Å². The second kappa shape index (κ2) is 6.37. The van der Waals surface area contributed by atoms with E-state index >= 15 is 0 Å². The Hall–Kier alpha value is -1.39. The van der Waals surface area contributed by atoms with Crippen LogP contribution in [0.15, 0.2) is 46.9 Å². The van der Waals surface area contributed by atoms with Gasteiger partial charge in [0.2, 0.25) is 0 Å². The van der Waals surface area contributed by atoms with Crippen molar-refractivity contribution in [2.24, 2.45) is 0 Å². The van der Waals surface area contributed by atoms with Crippen LogP contribution in [0.4, 0.5) is 4.39 Å². The van der Waals surface area contributed by atoms with Crippen LogP contribution in [-0.4, -0.2) is 5.91 Å². The number of nitrogens with one attached hydrogen (secondary N) is 1. The molecule has 2 aromatic carbocycles. The summed E-state index contributed by atoms with van der Waals surface area (Å²) in [5, 5.41) is 3.07. The van der Waals surface area contributed by atoms with Gasteiger partial charge in [-0.15, -0.1) is 0 Å². The average Bonchev–Trinajstić information content (AvgIpc) is 2.42. The molecule has 0 aliphatic carbocycles. The fraction of sp³-hybridized carbons (Fsp3) is 0.133. The van der Waals surface area contributed by atoms with E-state index in [-0.39, 0.29) is 11.6 Å². The highest BCUT2D eigenvalue weighted by Crippen LogP contribution is 2.19. The molecule has 1 N–H and O–H groups in total. The first-order valence-electron chi connectivity index (χ1n) is 5.99. The first kappa shape index (κ1) is 15.0. The van der Waals surface area contributed by atoms with Crippen LogP contribution in [0.5, 0.6) is 0 Å². The van der Waals surface area contributed by atoms with E-state index in [1.54, 1.807) is 0 Å². The van der Waals surface area contributed by atoms with Gasteiger partial charge in [0, 0.05) is 9.50 Å². The van der Waals surface area contributed by atoms with Crippen LogP contribution in [0.25, 0.3) is 0 Å². The highest BCUT2D eigenvalue weighted by Gasteiger charge is 2.15. The number of carbonyl (C=O) groups excluding carboxylic acids is 1. The summed E-state index contributed by atoms with van der Waals surface area (Å²) in [6.45, 7) is 1.84. The molecule has 0 aliphatic heterocycles. The minimum absolute atomic E-state index is 0.0542. The van der Waals surface area contributed by atoms with E-state index in [0.29, 0.717) is 5.02 Å². The molecule has 0 heterocycles. The van der Waals surface area contributed by atoms with Crippen molar-refractivity contribution in [1.82, 2.24) is 5.32 Å². The van der Waals surface area contributed by atoms with E-state index in [1.165, 1.54) is 18.2 Å². The maximum absolute atomic E-state index is 13.6. The average molecular weight is 357 g/mol. The van der Waals surface area contributed by atoms with Gasteiger partial charge in [0.05, 0.1) is 11.6 Å². The molecule has 2 aromatic rings. The third-order valence-electron chi connectivity index (χ3n) is 2.89. The smallest absolute Gasteiger partial charge is 0.254 e. The van der Waals surface area contributed by atoms with Crippen molar-refractivity contribution >= 4 is 33.4 Å². The van der Waals surface area contributed by atoms with Crippen molar-refractivity contribution in [2.75, 3.05) is 0 Å². The van der Waals surface area contributed by atoms with E-state index in [0.717, 1.165) is 10.0 Å². The van der Waals surface area contributed by atoms with Crippen molar-refractivity contribution in [3.05, 3.63) is 68.9 Å². The number of hydrogen-bond acceptors (Lipinski definition) is 1. The molecule has 1 amide bonds. The quantitative estimate of drug-likeness (QED) is 0.846. The third kappa shape index (κ3) is 3.58. The van der Waals surface area contributed by atoms with Gasteiger partial charge in [0.1, 0.15) is 5.82 Å². The van der Waals surface area contributed by atoms with Gasteiger partial charge in [-0.3, -0.25) is 4.79 Å². The molecule has 0 bridgehead atoms. The number of hydrogen-bond donors (Lipinski definition) is 1. The van der Waals surface area contributed by atoms with Gasteiger partial charge in [-0.1, -0.05) is 39.7 Å². The SMILES string of the molecule is C[C@@H](NC(=O)c1cc(Cl)ccc1F)c1ccc(Br)cc1. The Balaban J connectivity index is 2.15. The fourth-order valence-electron chi connectivity index (χ4n) is 1.78. The molecule has 0 spiro atoms. The standard InChI is InChI=1S/C15H12BrClFNO/c1-9(10-2-4-11(16)5-3-10)19-15(20)13-8-12(17)6-7-14(13)18/h2-9H,1H3,(H,19,20)/t9-/m1/s1. The molecular weight excluding hydrogens is 345 g/mol. The van der Waals surface area contributed by atoms with Crippen molar-refractivity contribution < 1.29 is 9.18 Å². The molecule has 2 rings (SSSR count). The molecule has 104 valence electrons. The van der Waals surface area contributed by atoms with Crippen LogP contribution in [0.2, 0.25) is 5.02 Å². The van der Waals surface area contributed by atoms with Crippen LogP contribution in [-0.2, 0) is 0 Å². The van der Waals surface area contributed by atoms with Gasteiger partial charge in [-0.2, -0.15) is 0 Å². The number of amides is 1. The normalized spacial score (nSPS) is 12.0. The summed E-state index contributed by atoms with van der Waals surface area (Å²) < 4.78 is 14.6. The third-order valence-corrected chi connectivity index (χ3v) is 3.65. The minimum Gasteiger partial charge on any atom is -0.345 e. The van der Waals surface area contributed by atoms with Crippen molar-refractivity contribution in [2.45, 2.75) is 13.0 Å². The van der Waals surface area contributed by atoms with Crippen molar-refractivity contribution in [3.63, 3.8) is 0 Å². The number of benzene rings is 2. The van der Waals surface area contributed by atoms with Gasteiger partial charge in [-0.25, -0.2) is 4.39 Å². The first-order chi connectivity index (χ1) is 9.47. The molecule has 0 aromatic heterocycles. The Morgan fingerprint density at radius 2 is 1.90 bits per heavy atom. The lowest BCUT2D eigenvalue weighted by Gasteiger charge is -2.15. The predicted octanol–water partition coefficient (Wildman–Crippen LogP) is 4.73. The molecule has 0 saturated heterocycles. The van der Waals surface area contributed by atoms with Gasteiger partial charge >= 0.3 is 0 Å². The molecular formula is C15H12BrClFNO. The van der Waals surface area contributed by atoms with Gasteiger partial charge in [0.25, 0.3) is 5.91 Å². The van der Waals surface area contributed by atoms with Crippen LogP contribution in [0, 0.1) is 5.82 Å². The summed E-state index contributed by atoms with van der Waals surface area (Å²) in [5.41, 5.74) is 0.880. The summed E-state index contributed by atoms with van der Waals surface area (Å²) >= 11 is 9.13. The molecule has 20 heavy (non-hydrogen) atoms. The van der Waals surface area contributed by atoms with E-state index < -0.39 is 11.7 Å². The van der Waals surface area contributed by atoms with E-state index in [1.807, 2.05) is 31.2 Å². The summed E-state index contributed by atoms with van der Waals surface area (Å²) in [6, 6.07) is 11.2. The van der Waals surface area contributed by atoms with Crippen LogP contribution in [0.1, 0.15) is 28.9 Å². The number of carbonyl (C=O) groups is 1. The maximum atomic E-state index is 13.6. The maximum Gasteiger partial charge on any atom is 0.254 e. The lowest BCUT2D eigenvalue weighted by atomic mass is 10.1.